The first-order valence-electron chi connectivity index (χ1n) is 9.98. The summed E-state index contributed by atoms with van der Waals surface area (Å²) in [5.74, 6) is 0.374. The number of ether oxygens (including phenoxy) is 1. The molecule has 1 saturated heterocycles. The first-order chi connectivity index (χ1) is 14.4. The minimum Gasteiger partial charge on any atom is -0.497 e. The fraction of sp³-hybridized carbons (Fsp3) is 0.429. The highest BCUT2D eigenvalue weighted by molar-refractivity contribution is 6.06. The molecule has 0 saturated carbocycles. The van der Waals surface area contributed by atoms with Gasteiger partial charge in [0.15, 0.2) is 6.04 Å². The molecular weight excluding hydrogens is 386 g/mol. The van der Waals surface area contributed by atoms with Crippen LogP contribution in [-0.2, 0) is 4.79 Å². The van der Waals surface area contributed by atoms with E-state index in [0.717, 1.165) is 34.4 Å². The lowest BCUT2D eigenvalue weighted by Crippen LogP contribution is -2.59. The fourth-order valence-electron chi connectivity index (χ4n) is 4.06. The van der Waals surface area contributed by atoms with Gasteiger partial charge in [0.1, 0.15) is 17.7 Å². The number of H-pyrrole nitrogens is 1. The van der Waals surface area contributed by atoms with Crippen LogP contribution < -0.4 is 10.1 Å². The molecule has 30 heavy (non-hydrogen) atoms. The van der Waals surface area contributed by atoms with Crippen LogP contribution in [0.5, 0.6) is 5.75 Å². The van der Waals surface area contributed by atoms with Gasteiger partial charge in [0.2, 0.25) is 0 Å². The number of aromatic nitrogens is 1. The third-order valence-corrected chi connectivity index (χ3v) is 5.87. The van der Waals surface area contributed by atoms with Crippen LogP contribution in [0, 0.1) is 0 Å². The van der Waals surface area contributed by atoms with Crippen molar-refractivity contribution < 1.29 is 23.7 Å². The Morgan fingerprint density at radius 3 is 2.67 bits per heavy atom. The standard InChI is InChI=1S/C21H25N5O4/c1-24-12-18(20(28)25(2)21(24)29)26-8-6-14(7-9-26)22-19(27)17-10-13-4-5-15(30-3)11-16(13)23-17/h4-5,10-12,14,18H,6-9H2,1-3H3,(H-,22,23,27)/p+1. The number of hydrogen-bond donors (Lipinski definition) is 2. The number of nitrogens with zero attached hydrogens (tertiary/aromatic N) is 3. The number of hydrogen-bond acceptors (Lipinski definition) is 5. The van der Waals surface area contributed by atoms with E-state index in [1.807, 2.05) is 24.3 Å². The molecule has 2 aliphatic rings. The van der Waals surface area contributed by atoms with Crippen molar-refractivity contribution >= 4 is 35.0 Å². The highest BCUT2D eigenvalue weighted by Crippen LogP contribution is 2.22. The first-order valence-corrected chi connectivity index (χ1v) is 9.98. The number of urea groups is 1. The number of carbonyl (C=O) groups excluding carboxylic acids is 3. The van der Waals surface area contributed by atoms with Crippen molar-refractivity contribution in [2.24, 2.45) is 0 Å². The van der Waals surface area contributed by atoms with E-state index in [4.69, 9.17) is 4.74 Å². The second-order valence-electron chi connectivity index (χ2n) is 7.80. The molecule has 1 fully saturated rings. The van der Waals surface area contributed by atoms with Gasteiger partial charge >= 0.3 is 11.9 Å². The summed E-state index contributed by atoms with van der Waals surface area (Å²) in [7, 11) is 4.77. The predicted octanol–water partition coefficient (Wildman–Crippen LogP) is 1.04. The number of likely N-dealkylation sites (N-methyl/N-ethyl adjacent to an activating group) is 1. The number of carbonyl (C=O) groups is 3. The van der Waals surface area contributed by atoms with Gasteiger partial charge < -0.3 is 15.0 Å². The van der Waals surface area contributed by atoms with Crippen LogP contribution in [0.1, 0.15) is 23.3 Å². The Labute approximate surface area is 174 Å². The zero-order valence-electron chi connectivity index (χ0n) is 17.3. The van der Waals surface area contributed by atoms with Crippen molar-refractivity contribution in [1.29, 1.82) is 0 Å². The molecule has 1 unspecified atom stereocenters. The maximum atomic E-state index is 12.7. The number of likely N-dealkylation sites (tertiary alicyclic amines) is 1. The van der Waals surface area contributed by atoms with Gasteiger partial charge in [0, 0.05) is 36.1 Å². The number of nitrogens with one attached hydrogen (secondary N) is 2. The Bertz CT molecular complexity index is 1040. The molecule has 0 radical (unpaired) electrons. The third-order valence-electron chi connectivity index (χ3n) is 5.87. The van der Waals surface area contributed by atoms with Gasteiger partial charge in [-0.15, -0.1) is 0 Å². The van der Waals surface area contributed by atoms with Crippen LogP contribution >= 0.6 is 0 Å². The summed E-state index contributed by atoms with van der Waals surface area (Å²) in [4.78, 5) is 43.4. The maximum Gasteiger partial charge on any atom is 0.500 e. The number of fused-ring (bicyclic) bond motifs is 1. The largest absolute Gasteiger partial charge is 0.500 e. The van der Waals surface area contributed by atoms with Crippen molar-refractivity contribution in [2.75, 3.05) is 34.3 Å². The van der Waals surface area contributed by atoms with Crippen LogP contribution in [0.25, 0.3) is 10.9 Å². The average molecular weight is 412 g/mol. The van der Waals surface area contributed by atoms with Crippen LogP contribution in [-0.4, -0.2) is 89.8 Å². The van der Waals surface area contributed by atoms with Crippen LogP contribution in [0.3, 0.4) is 0 Å². The number of piperidine rings is 1. The molecule has 1 atom stereocenters. The quantitative estimate of drug-likeness (QED) is 0.732. The van der Waals surface area contributed by atoms with Crippen molar-refractivity contribution in [3.05, 3.63) is 30.0 Å². The Hall–Kier alpha value is -3.20. The maximum absolute atomic E-state index is 12.7. The lowest BCUT2D eigenvalue weighted by molar-refractivity contribution is -0.401. The minimum atomic E-state index is -0.446. The molecule has 158 valence electrons. The number of aromatic amines is 1. The van der Waals surface area contributed by atoms with Gasteiger partial charge in [-0.05, 0) is 31.0 Å². The van der Waals surface area contributed by atoms with Gasteiger partial charge in [-0.1, -0.05) is 0 Å². The summed E-state index contributed by atoms with van der Waals surface area (Å²) in [6, 6.07) is 6.73. The molecule has 9 heteroatoms. The Morgan fingerprint density at radius 1 is 1.23 bits per heavy atom. The first kappa shape index (κ1) is 20.1. The van der Waals surface area contributed by atoms with Crippen LogP contribution in [0.4, 0.5) is 4.79 Å². The minimum absolute atomic E-state index is 0.0329. The lowest BCUT2D eigenvalue weighted by atomic mass is 10.0. The molecule has 1 aromatic heterocycles. The van der Waals surface area contributed by atoms with Crippen LogP contribution in [0.2, 0.25) is 0 Å². The molecule has 0 spiro atoms. The second kappa shape index (κ2) is 7.91. The fourth-order valence-corrected chi connectivity index (χ4v) is 4.06. The Balaban J connectivity index is 1.37. The predicted molar refractivity (Wildman–Crippen MR) is 111 cm³/mol. The summed E-state index contributed by atoms with van der Waals surface area (Å²) < 4.78 is 6.67. The number of imide groups is 1. The molecule has 0 bridgehead atoms. The number of rotatable bonds is 4. The number of methoxy groups -OCH3 is 1. The van der Waals surface area contributed by atoms with E-state index >= 15 is 0 Å². The van der Waals surface area contributed by atoms with Crippen molar-refractivity contribution in [3.8, 4) is 5.75 Å². The monoisotopic (exact) mass is 412 g/mol. The normalized spacial score (nSPS) is 21.1. The van der Waals surface area contributed by atoms with Crippen molar-refractivity contribution in [2.45, 2.75) is 24.9 Å². The van der Waals surface area contributed by atoms with E-state index in [-0.39, 0.29) is 23.9 Å². The van der Waals surface area contributed by atoms with Gasteiger partial charge in [-0.3, -0.25) is 9.69 Å². The zero-order valence-corrected chi connectivity index (χ0v) is 17.3. The highest BCUT2D eigenvalue weighted by Gasteiger charge is 2.42. The van der Waals surface area contributed by atoms with E-state index in [1.54, 1.807) is 20.4 Å². The topological polar surface area (TPSA) is 97.8 Å². The smallest absolute Gasteiger partial charge is 0.497 e. The average Bonchev–Trinajstić information content (AvgIpc) is 3.19. The molecule has 1 aromatic carbocycles. The van der Waals surface area contributed by atoms with Gasteiger partial charge in [-0.25, -0.2) is 9.37 Å². The molecule has 4 rings (SSSR count). The summed E-state index contributed by atoms with van der Waals surface area (Å²) in [6.45, 7) is 1.33. The molecule has 2 aliphatic heterocycles. The molecular formula is C21H26N5O4+. The van der Waals surface area contributed by atoms with Crippen molar-refractivity contribution in [1.82, 2.24) is 20.1 Å². The zero-order chi connectivity index (χ0) is 21.4. The third kappa shape index (κ3) is 3.68. The van der Waals surface area contributed by atoms with Crippen molar-refractivity contribution in [3.63, 3.8) is 0 Å². The van der Waals surface area contributed by atoms with E-state index in [0.29, 0.717) is 18.8 Å². The SMILES string of the molecule is COc1ccc2cc(C(=O)NC3CCN(C4C=[N+](C)C(=O)N(C)C4=O)CC3)[nH]c2c1. The molecule has 2 aromatic rings. The Morgan fingerprint density at radius 2 is 1.97 bits per heavy atom. The van der Waals surface area contributed by atoms with Crippen LogP contribution in [0.15, 0.2) is 24.3 Å². The van der Waals surface area contributed by atoms with E-state index in [2.05, 4.69) is 15.2 Å². The summed E-state index contributed by atoms with van der Waals surface area (Å²) in [5.41, 5.74) is 1.36. The van der Waals surface area contributed by atoms with Gasteiger partial charge in [-0.2, -0.15) is 9.69 Å². The Kier molecular flexibility index (Phi) is 5.29. The second-order valence-corrected chi connectivity index (χ2v) is 7.80. The highest BCUT2D eigenvalue weighted by atomic mass is 16.5. The van der Waals surface area contributed by atoms with E-state index < -0.39 is 6.04 Å². The summed E-state index contributed by atoms with van der Waals surface area (Å²) >= 11 is 0. The molecule has 0 aliphatic carbocycles. The summed E-state index contributed by atoms with van der Waals surface area (Å²) in [5, 5.41) is 4.03. The van der Waals surface area contributed by atoms with Gasteiger partial charge in [0.05, 0.1) is 21.2 Å². The molecule has 2 N–H and O–H groups in total. The van der Waals surface area contributed by atoms with Gasteiger partial charge in [0.25, 0.3) is 5.91 Å². The number of benzene rings is 1. The van der Waals surface area contributed by atoms with E-state index in [9.17, 15) is 14.4 Å². The molecule has 4 amide bonds. The summed E-state index contributed by atoms with van der Waals surface area (Å²) in [6.07, 6.45) is 3.14. The van der Waals surface area contributed by atoms with E-state index in [1.165, 1.54) is 11.6 Å². The molecule has 9 nitrogen and oxygen atoms in total. The lowest BCUT2D eigenvalue weighted by Gasteiger charge is -2.36. The number of amides is 4. The molecule has 3 heterocycles.